The fourth-order valence-electron chi connectivity index (χ4n) is 2.22. The second-order valence-electron chi connectivity index (χ2n) is 4.64. The molecule has 100 valence electrons. The summed E-state index contributed by atoms with van der Waals surface area (Å²) >= 11 is 9.44. The highest BCUT2D eigenvalue weighted by Crippen LogP contribution is 2.30. The summed E-state index contributed by atoms with van der Waals surface area (Å²) in [6, 6.07) is 4.06. The van der Waals surface area contributed by atoms with Crippen LogP contribution in [0.15, 0.2) is 16.6 Å². The van der Waals surface area contributed by atoms with Crippen molar-refractivity contribution in [2.75, 3.05) is 13.2 Å². The molecule has 1 atom stereocenters. The van der Waals surface area contributed by atoms with Gasteiger partial charge >= 0.3 is 0 Å². The van der Waals surface area contributed by atoms with Crippen molar-refractivity contribution in [1.29, 1.82) is 0 Å². The predicted molar refractivity (Wildman–Crippen MR) is 77.5 cm³/mol. The summed E-state index contributed by atoms with van der Waals surface area (Å²) in [5.74, 6) is 1.36. The smallest absolute Gasteiger partial charge is 0.126 e. The Morgan fingerprint density at radius 2 is 2.28 bits per heavy atom. The molecule has 0 radical (unpaired) electrons. The first kappa shape index (κ1) is 14.2. The van der Waals surface area contributed by atoms with E-state index >= 15 is 0 Å². The average molecular weight is 334 g/mol. The van der Waals surface area contributed by atoms with Crippen molar-refractivity contribution >= 4 is 27.5 Å². The normalized spacial score (nSPS) is 19.8. The third kappa shape index (κ3) is 3.62. The Labute approximate surface area is 122 Å². The first-order valence-electron chi connectivity index (χ1n) is 6.30. The van der Waals surface area contributed by atoms with Crippen LogP contribution in [0.3, 0.4) is 0 Å². The third-order valence-electron chi connectivity index (χ3n) is 3.15. The summed E-state index contributed by atoms with van der Waals surface area (Å²) < 4.78 is 12.6. The van der Waals surface area contributed by atoms with Gasteiger partial charge in [0, 0.05) is 16.6 Å². The van der Waals surface area contributed by atoms with E-state index in [1.165, 1.54) is 12.8 Å². The van der Waals surface area contributed by atoms with E-state index in [1.807, 2.05) is 19.1 Å². The van der Waals surface area contributed by atoms with Crippen molar-refractivity contribution in [3.05, 3.63) is 27.7 Å². The Kier molecular flexibility index (Phi) is 5.34. The van der Waals surface area contributed by atoms with E-state index in [4.69, 9.17) is 21.1 Å². The van der Waals surface area contributed by atoms with Crippen molar-refractivity contribution in [2.24, 2.45) is 0 Å². The molecule has 0 bridgehead atoms. The molecule has 1 aliphatic heterocycles. The van der Waals surface area contributed by atoms with Crippen molar-refractivity contribution in [3.63, 3.8) is 0 Å². The maximum atomic E-state index is 5.97. The topological polar surface area (TPSA) is 18.5 Å². The highest BCUT2D eigenvalue weighted by Gasteiger charge is 2.16. The Balaban J connectivity index is 2.03. The molecule has 1 aliphatic rings. The lowest BCUT2D eigenvalue weighted by Gasteiger charge is -2.23. The van der Waals surface area contributed by atoms with Gasteiger partial charge in [-0.3, -0.25) is 0 Å². The number of ether oxygens (including phenoxy) is 2. The van der Waals surface area contributed by atoms with Crippen molar-refractivity contribution in [2.45, 2.75) is 38.2 Å². The fraction of sp³-hybridized carbons (Fsp3) is 0.571. The van der Waals surface area contributed by atoms with E-state index in [2.05, 4.69) is 15.9 Å². The molecule has 0 N–H and O–H groups in total. The second-order valence-corrected chi connectivity index (χ2v) is 5.83. The second kappa shape index (κ2) is 6.78. The Morgan fingerprint density at radius 1 is 1.44 bits per heavy atom. The maximum Gasteiger partial charge on any atom is 0.126 e. The van der Waals surface area contributed by atoms with Crippen LogP contribution in [0, 0.1) is 6.92 Å². The first-order chi connectivity index (χ1) is 8.70. The maximum absolute atomic E-state index is 5.97. The summed E-state index contributed by atoms with van der Waals surface area (Å²) in [6.45, 7) is 3.51. The van der Waals surface area contributed by atoms with Gasteiger partial charge in [0.2, 0.25) is 0 Å². The molecule has 1 unspecified atom stereocenters. The van der Waals surface area contributed by atoms with Crippen LogP contribution in [0.25, 0.3) is 0 Å². The van der Waals surface area contributed by atoms with Crippen LogP contribution in [0.5, 0.6) is 5.75 Å². The van der Waals surface area contributed by atoms with Crippen LogP contribution in [0.4, 0.5) is 0 Å². The molecule has 1 aromatic rings. The molecule has 1 fully saturated rings. The number of benzene rings is 1. The van der Waals surface area contributed by atoms with Crippen LogP contribution >= 0.6 is 27.5 Å². The molecule has 1 saturated heterocycles. The van der Waals surface area contributed by atoms with Gasteiger partial charge in [0.05, 0.1) is 12.0 Å². The van der Waals surface area contributed by atoms with Gasteiger partial charge in [-0.2, -0.15) is 0 Å². The third-order valence-corrected chi connectivity index (χ3v) is 3.89. The number of rotatable bonds is 4. The lowest BCUT2D eigenvalue weighted by molar-refractivity contribution is -0.0113. The molecule has 0 amide bonds. The van der Waals surface area contributed by atoms with Gasteiger partial charge in [0.25, 0.3) is 0 Å². The van der Waals surface area contributed by atoms with E-state index in [-0.39, 0.29) is 6.10 Å². The molecule has 0 aliphatic carbocycles. The van der Waals surface area contributed by atoms with E-state index in [1.54, 1.807) is 0 Å². The number of alkyl halides is 1. The zero-order chi connectivity index (χ0) is 13.0. The molecule has 0 saturated carbocycles. The van der Waals surface area contributed by atoms with Crippen molar-refractivity contribution in [3.8, 4) is 5.75 Å². The number of halogens is 2. The van der Waals surface area contributed by atoms with E-state index in [9.17, 15) is 0 Å². The number of aryl methyl sites for hydroxylation is 1. The minimum atomic E-state index is 0.227. The largest absolute Gasteiger partial charge is 0.490 e. The van der Waals surface area contributed by atoms with Crippen LogP contribution in [0.2, 0.25) is 0 Å². The van der Waals surface area contributed by atoms with E-state index < -0.39 is 0 Å². The minimum absolute atomic E-state index is 0.227. The molecule has 2 rings (SSSR count). The lowest BCUT2D eigenvalue weighted by atomic mass is 10.1. The molecule has 0 aromatic heterocycles. The summed E-state index contributed by atoms with van der Waals surface area (Å²) in [5, 5.41) is 0. The zero-order valence-electron chi connectivity index (χ0n) is 10.5. The van der Waals surface area contributed by atoms with Crippen LogP contribution in [0.1, 0.15) is 30.4 Å². The lowest BCUT2D eigenvalue weighted by Crippen LogP contribution is -2.26. The number of hydrogen-bond acceptors (Lipinski definition) is 2. The van der Waals surface area contributed by atoms with Crippen LogP contribution in [-0.2, 0) is 10.6 Å². The predicted octanol–water partition coefficient (Wildman–Crippen LogP) is 4.44. The van der Waals surface area contributed by atoms with Gasteiger partial charge in [0.1, 0.15) is 12.4 Å². The van der Waals surface area contributed by atoms with E-state index in [0.717, 1.165) is 34.4 Å². The van der Waals surface area contributed by atoms with Gasteiger partial charge in [-0.25, -0.2) is 0 Å². The van der Waals surface area contributed by atoms with Crippen LogP contribution < -0.4 is 4.74 Å². The van der Waals surface area contributed by atoms with Crippen molar-refractivity contribution < 1.29 is 9.47 Å². The molecular weight excluding hydrogens is 316 g/mol. The first-order valence-corrected chi connectivity index (χ1v) is 7.63. The molecular formula is C14H18BrClO2. The molecule has 18 heavy (non-hydrogen) atoms. The molecule has 1 heterocycles. The quantitative estimate of drug-likeness (QED) is 0.758. The van der Waals surface area contributed by atoms with Gasteiger partial charge < -0.3 is 9.47 Å². The number of hydrogen-bond donors (Lipinski definition) is 0. The summed E-state index contributed by atoms with van der Waals surface area (Å²) in [7, 11) is 0. The highest BCUT2D eigenvalue weighted by molar-refractivity contribution is 9.10. The molecule has 4 heteroatoms. The molecule has 1 aromatic carbocycles. The SMILES string of the molecule is Cc1cc(Br)cc(CCl)c1OCC1CCCCO1. The Bertz CT molecular complexity index is 403. The molecule has 2 nitrogen and oxygen atoms in total. The summed E-state index contributed by atoms with van der Waals surface area (Å²) in [4.78, 5) is 0. The average Bonchev–Trinajstić information content (AvgIpc) is 2.38. The Hall–Kier alpha value is -0.250. The standard InChI is InChI=1S/C14H18BrClO2/c1-10-6-12(15)7-11(8-16)14(10)18-9-13-4-2-3-5-17-13/h6-7,13H,2-5,8-9H2,1H3. The highest BCUT2D eigenvalue weighted by atomic mass is 79.9. The molecule has 0 spiro atoms. The van der Waals surface area contributed by atoms with E-state index in [0.29, 0.717) is 12.5 Å². The monoisotopic (exact) mass is 332 g/mol. The van der Waals surface area contributed by atoms with Crippen LogP contribution in [-0.4, -0.2) is 19.3 Å². The van der Waals surface area contributed by atoms with Gasteiger partial charge in [-0.1, -0.05) is 15.9 Å². The van der Waals surface area contributed by atoms with Gasteiger partial charge in [-0.15, -0.1) is 11.6 Å². The van der Waals surface area contributed by atoms with Gasteiger partial charge in [-0.05, 0) is 43.9 Å². The summed E-state index contributed by atoms with van der Waals surface area (Å²) in [5.41, 5.74) is 2.13. The van der Waals surface area contributed by atoms with Gasteiger partial charge in [0.15, 0.2) is 0 Å². The zero-order valence-corrected chi connectivity index (χ0v) is 12.9. The fourth-order valence-corrected chi connectivity index (χ4v) is 3.04. The minimum Gasteiger partial charge on any atom is -0.490 e. The summed E-state index contributed by atoms with van der Waals surface area (Å²) in [6.07, 6.45) is 3.72. The Morgan fingerprint density at radius 3 is 2.94 bits per heavy atom. The van der Waals surface area contributed by atoms with Crippen molar-refractivity contribution in [1.82, 2.24) is 0 Å².